The van der Waals surface area contributed by atoms with Crippen LogP contribution in [0, 0.1) is 0 Å². The summed E-state index contributed by atoms with van der Waals surface area (Å²) in [5.41, 5.74) is 1.24. The van der Waals surface area contributed by atoms with Crippen LogP contribution in [0.3, 0.4) is 0 Å². The lowest BCUT2D eigenvalue weighted by Crippen LogP contribution is -2.52. The number of hydrogen-bond donors (Lipinski definition) is 1. The van der Waals surface area contributed by atoms with E-state index in [0.717, 1.165) is 83.5 Å². The highest BCUT2D eigenvalue weighted by Gasteiger charge is 2.20. The first-order valence-corrected chi connectivity index (χ1v) is 10.3. The molecule has 3 rings (SSSR count). The van der Waals surface area contributed by atoms with Gasteiger partial charge in [0.1, 0.15) is 5.75 Å². The molecule has 2 aliphatic rings. The van der Waals surface area contributed by atoms with Crippen LogP contribution in [-0.4, -0.2) is 83.7 Å². The zero-order valence-corrected chi connectivity index (χ0v) is 20.0. The molecule has 1 aromatic rings. The van der Waals surface area contributed by atoms with Gasteiger partial charge in [0.15, 0.2) is 5.96 Å². The molecule has 0 spiro atoms. The fourth-order valence-electron chi connectivity index (χ4n) is 3.67. The van der Waals surface area contributed by atoms with Gasteiger partial charge in [-0.15, -0.1) is 24.0 Å². The average molecular weight is 518 g/mol. The van der Waals surface area contributed by atoms with Gasteiger partial charge in [0.05, 0.1) is 13.2 Å². The zero-order chi connectivity index (χ0) is 19.6. The van der Waals surface area contributed by atoms with Crippen LogP contribution in [0.25, 0.3) is 0 Å². The largest absolute Gasteiger partial charge is 0.497 e. The lowest BCUT2D eigenvalue weighted by atomic mass is 10.1. The highest BCUT2D eigenvalue weighted by molar-refractivity contribution is 14.0. The highest BCUT2D eigenvalue weighted by Crippen LogP contribution is 2.20. The maximum Gasteiger partial charge on any atom is 0.193 e. The van der Waals surface area contributed by atoms with Gasteiger partial charge in [-0.1, -0.05) is 0 Å². The third kappa shape index (κ3) is 7.49. The second kappa shape index (κ2) is 13.1. The molecule has 2 aliphatic heterocycles. The summed E-state index contributed by atoms with van der Waals surface area (Å²) in [4.78, 5) is 9.20. The van der Waals surface area contributed by atoms with Crippen LogP contribution in [0.2, 0.25) is 0 Å². The van der Waals surface area contributed by atoms with E-state index in [1.807, 2.05) is 19.2 Å². The molecule has 0 bridgehead atoms. The second-order valence-corrected chi connectivity index (χ2v) is 7.18. The van der Waals surface area contributed by atoms with Gasteiger partial charge in [-0.25, -0.2) is 0 Å². The Bertz CT molecular complexity index is 600. The summed E-state index contributed by atoms with van der Waals surface area (Å²) < 4.78 is 16.5. The molecule has 0 amide bonds. The van der Waals surface area contributed by atoms with Gasteiger partial charge in [0.2, 0.25) is 0 Å². The summed E-state index contributed by atoms with van der Waals surface area (Å²) in [5, 5.41) is 3.48. The first-order chi connectivity index (χ1) is 13.8. The van der Waals surface area contributed by atoms with Crippen molar-refractivity contribution in [3.8, 4) is 5.75 Å². The van der Waals surface area contributed by atoms with Crippen molar-refractivity contribution in [2.45, 2.75) is 25.4 Å². The van der Waals surface area contributed by atoms with Gasteiger partial charge < -0.3 is 29.3 Å². The Hall–Kier alpha value is -1.26. The monoisotopic (exact) mass is 518 g/mol. The molecule has 2 saturated heterocycles. The van der Waals surface area contributed by atoms with E-state index in [2.05, 4.69) is 32.2 Å². The number of halogens is 1. The Labute approximate surface area is 191 Å². The normalized spacial score (nSPS) is 18.3. The topological polar surface area (TPSA) is 58.6 Å². The van der Waals surface area contributed by atoms with Crippen molar-refractivity contribution in [2.75, 3.05) is 71.6 Å². The van der Waals surface area contributed by atoms with Crippen molar-refractivity contribution in [1.29, 1.82) is 0 Å². The second-order valence-electron chi connectivity index (χ2n) is 7.18. The van der Waals surface area contributed by atoms with E-state index in [-0.39, 0.29) is 24.0 Å². The van der Waals surface area contributed by atoms with Crippen LogP contribution < -0.4 is 15.0 Å². The summed E-state index contributed by atoms with van der Waals surface area (Å²) >= 11 is 0. The Morgan fingerprint density at radius 3 is 2.45 bits per heavy atom. The number of guanidine groups is 1. The number of nitrogens with one attached hydrogen (secondary N) is 1. The minimum atomic E-state index is 0. The van der Waals surface area contributed by atoms with Crippen molar-refractivity contribution in [2.24, 2.45) is 4.99 Å². The fraction of sp³-hybridized carbons (Fsp3) is 0.667. The Balaban J connectivity index is 0.00000300. The molecule has 0 aliphatic carbocycles. The maximum atomic E-state index is 5.93. The van der Waals surface area contributed by atoms with Crippen LogP contribution in [0.4, 0.5) is 5.69 Å². The Morgan fingerprint density at radius 1 is 1.14 bits per heavy atom. The maximum absolute atomic E-state index is 5.93. The van der Waals surface area contributed by atoms with Gasteiger partial charge in [0.25, 0.3) is 0 Å². The molecule has 2 fully saturated rings. The van der Waals surface area contributed by atoms with Crippen LogP contribution in [0.15, 0.2) is 29.3 Å². The van der Waals surface area contributed by atoms with Crippen LogP contribution >= 0.6 is 24.0 Å². The van der Waals surface area contributed by atoms with Crippen molar-refractivity contribution in [1.82, 2.24) is 10.2 Å². The number of ether oxygens (including phenoxy) is 3. The molecule has 7 nitrogen and oxygen atoms in total. The van der Waals surface area contributed by atoms with Crippen molar-refractivity contribution < 1.29 is 14.2 Å². The smallest absolute Gasteiger partial charge is 0.193 e. The molecular formula is C21H35IN4O3. The van der Waals surface area contributed by atoms with E-state index in [1.165, 1.54) is 5.69 Å². The molecule has 0 atom stereocenters. The molecule has 29 heavy (non-hydrogen) atoms. The number of piperazine rings is 1. The minimum absolute atomic E-state index is 0. The number of nitrogens with zero attached hydrogens (tertiary/aromatic N) is 3. The molecular weight excluding hydrogens is 483 g/mol. The standard InChI is InChI=1S/C21H34N4O3.HI/c1-22-21(23-10-3-15-28-20-8-16-27-17-9-20)25-13-11-24(12-14-25)18-4-6-19(26-2)7-5-18;/h4-7,20H,3,8-17H2,1-2H3,(H,22,23);1H. The summed E-state index contributed by atoms with van der Waals surface area (Å²) in [6.45, 7) is 7.24. The predicted molar refractivity (Wildman–Crippen MR) is 128 cm³/mol. The van der Waals surface area contributed by atoms with Crippen molar-refractivity contribution in [3.05, 3.63) is 24.3 Å². The first-order valence-electron chi connectivity index (χ1n) is 10.3. The Morgan fingerprint density at radius 2 is 1.83 bits per heavy atom. The Kier molecular flexibility index (Phi) is 10.9. The van der Waals surface area contributed by atoms with Crippen LogP contribution in [-0.2, 0) is 9.47 Å². The molecule has 0 aromatic heterocycles. The highest BCUT2D eigenvalue weighted by atomic mass is 127. The van der Waals surface area contributed by atoms with Gasteiger partial charge >= 0.3 is 0 Å². The molecule has 2 heterocycles. The molecule has 0 radical (unpaired) electrons. The van der Waals surface area contributed by atoms with Gasteiger partial charge in [-0.3, -0.25) is 4.99 Å². The number of anilines is 1. The molecule has 0 saturated carbocycles. The van der Waals surface area contributed by atoms with E-state index < -0.39 is 0 Å². The van der Waals surface area contributed by atoms with Gasteiger partial charge in [-0.2, -0.15) is 0 Å². The summed E-state index contributed by atoms with van der Waals surface area (Å²) in [5.74, 6) is 1.88. The molecule has 0 unspecified atom stereocenters. The molecule has 164 valence electrons. The summed E-state index contributed by atoms with van der Waals surface area (Å²) in [7, 11) is 3.56. The van der Waals surface area contributed by atoms with Gasteiger partial charge in [0, 0.05) is 65.3 Å². The van der Waals surface area contributed by atoms with Crippen LogP contribution in [0.5, 0.6) is 5.75 Å². The van der Waals surface area contributed by atoms with E-state index in [4.69, 9.17) is 14.2 Å². The molecule has 8 heteroatoms. The lowest BCUT2D eigenvalue weighted by molar-refractivity contribution is -0.0320. The van der Waals surface area contributed by atoms with Crippen molar-refractivity contribution >= 4 is 35.6 Å². The number of benzene rings is 1. The first kappa shape index (κ1) is 24.0. The third-order valence-corrected chi connectivity index (χ3v) is 5.35. The van der Waals surface area contributed by atoms with Crippen molar-refractivity contribution in [3.63, 3.8) is 0 Å². The number of aliphatic imine (C=N–C) groups is 1. The zero-order valence-electron chi connectivity index (χ0n) is 17.6. The predicted octanol–water partition coefficient (Wildman–Crippen LogP) is 2.60. The van der Waals surface area contributed by atoms with Gasteiger partial charge in [-0.05, 0) is 43.5 Å². The SMILES string of the molecule is CN=C(NCCCOC1CCOCC1)N1CCN(c2ccc(OC)cc2)CC1.I. The van der Waals surface area contributed by atoms with E-state index >= 15 is 0 Å². The fourth-order valence-corrected chi connectivity index (χ4v) is 3.67. The lowest BCUT2D eigenvalue weighted by Gasteiger charge is -2.37. The summed E-state index contributed by atoms with van der Waals surface area (Å²) in [6.07, 6.45) is 3.41. The van der Waals surface area contributed by atoms with E-state index in [0.29, 0.717) is 6.10 Å². The van der Waals surface area contributed by atoms with E-state index in [9.17, 15) is 0 Å². The number of methoxy groups -OCH3 is 1. The quantitative estimate of drug-likeness (QED) is 0.259. The van der Waals surface area contributed by atoms with E-state index in [1.54, 1.807) is 7.11 Å². The molecule has 1 aromatic carbocycles. The average Bonchev–Trinajstić information content (AvgIpc) is 2.77. The number of hydrogen-bond acceptors (Lipinski definition) is 5. The summed E-state index contributed by atoms with van der Waals surface area (Å²) in [6, 6.07) is 8.29. The van der Waals surface area contributed by atoms with Crippen LogP contribution in [0.1, 0.15) is 19.3 Å². The minimum Gasteiger partial charge on any atom is -0.497 e. The third-order valence-electron chi connectivity index (χ3n) is 5.35. The number of rotatable bonds is 7. The molecule has 1 N–H and O–H groups in total.